The summed E-state index contributed by atoms with van der Waals surface area (Å²) in [6.07, 6.45) is 2.16. The van der Waals surface area contributed by atoms with Crippen molar-refractivity contribution < 1.29 is 19.1 Å². The Morgan fingerprint density at radius 3 is 2.48 bits per heavy atom. The Bertz CT molecular complexity index is 787. The van der Waals surface area contributed by atoms with Crippen LogP contribution in [0.2, 0.25) is 0 Å². The number of aliphatic imine (C=N–C) groups is 1. The second-order valence-electron chi connectivity index (χ2n) is 8.63. The first-order valence-electron chi connectivity index (χ1n) is 10.5. The van der Waals surface area contributed by atoms with Gasteiger partial charge < -0.3 is 31.2 Å². The van der Waals surface area contributed by atoms with Crippen LogP contribution in [0.1, 0.15) is 51.6 Å². The minimum Gasteiger partial charge on any atom is -0.444 e. The molecular formula is C22H33N5O4. The maximum atomic E-state index is 13.4. The van der Waals surface area contributed by atoms with Crippen LogP contribution in [0.15, 0.2) is 35.3 Å². The van der Waals surface area contributed by atoms with Crippen LogP contribution in [0.5, 0.6) is 0 Å². The molecule has 9 heteroatoms. The fourth-order valence-electron chi connectivity index (χ4n) is 3.54. The van der Waals surface area contributed by atoms with Gasteiger partial charge in [0.2, 0.25) is 5.91 Å². The summed E-state index contributed by atoms with van der Waals surface area (Å²) in [5, 5.41) is 2.69. The van der Waals surface area contributed by atoms with Gasteiger partial charge in [-0.05, 0) is 45.6 Å². The van der Waals surface area contributed by atoms with E-state index in [0.29, 0.717) is 31.5 Å². The van der Waals surface area contributed by atoms with E-state index in [0.717, 1.165) is 12.7 Å². The number of rotatable bonds is 9. The first kappa shape index (κ1) is 24.2. The highest BCUT2D eigenvalue weighted by Crippen LogP contribution is 2.30. The number of amides is 2. The zero-order valence-corrected chi connectivity index (χ0v) is 18.4. The molecule has 0 spiro atoms. The van der Waals surface area contributed by atoms with Crippen LogP contribution in [-0.4, -0.2) is 53.9 Å². The molecule has 2 amide bonds. The smallest absolute Gasteiger partial charge is 0.408 e. The third kappa shape index (κ3) is 7.27. The Balaban J connectivity index is 2.11. The van der Waals surface area contributed by atoms with Gasteiger partial charge in [0.1, 0.15) is 17.9 Å². The number of nitrogens with zero attached hydrogens (tertiary/aromatic N) is 2. The molecule has 2 rings (SSSR count). The van der Waals surface area contributed by atoms with Crippen LogP contribution in [-0.2, 0) is 14.3 Å². The number of alkyl carbamates (subject to hydrolysis) is 1. The lowest BCUT2D eigenvalue weighted by atomic mass is 9.86. The number of guanidine groups is 1. The molecule has 0 aliphatic carbocycles. The van der Waals surface area contributed by atoms with Crippen molar-refractivity contribution >= 4 is 24.2 Å². The molecule has 0 unspecified atom stereocenters. The van der Waals surface area contributed by atoms with Gasteiger partial charge in [-0.1, -0.05) is 30.3 Å². The minimum atomic E-state index is -0.896. The summed E-state index contributed by atoms with van der Waals surface area (Å²) in [5.41, 5.74) is 10.6. The Morgan fingerprint density at radius 2 is 1.97 bits per heavy atom. The lowest BCUT2D eigenvalue weighted by molar-refractivity contribution is -0.144. The van der Waals surface area contributed by atoms with Crippen molar-refractivity contribution in [2.75, 3.05) is 13.1 Å². The van der Waals surface area contributed by atoms with E-state index < -0.39 is 17.7 Å². The molecule has 0 aromatic heterocycles. The van der Waals surface area contributed by atoms with E-state index in [9.17, 15) is 14.4 Å². The van der Waals surface area contributed by atoms with Gasteiger partial charge in [-0.15, -0.1) is 0 Å². The fraction of sp³-hybridized carbons (Fsp3) is 0.545. The van der Waals surface area contributed by atoms with Gasteiger partial charge in [-0.25, -0.2) is 4.79 Å². The molecule has 0 bridgehead atoms. The van der Waals surface area contributed by atoms with Gasteiger partial charge in [0.15, 0.2) is 5.96 Å². The van der Waals surface area contributed by atoms with Crippen molar-refractivity contribution in [1.29, 1.82) is 0 Å². The van der Waals surface area contributed by atoms with Crippen LogP contribution >= 0.6 is 0 Å². The summed E-state index contributed by atoms with van der Waals surface area (Å²) in [6.45, 7) is 6.23. The minimum absolute atomic E-state index is 0.0158. The Hall–Kier alpha value is -3.10. The topological polar surface area (TPSA) is 140 Å². The molecule has 1 heterocycles. The molecule has 0 radical (unpaired) electrons. The van der Waals surface area contributed by atoms with E-state index in [1.54, 1.807) is 49.9 Å². The van der Waals surface area contributed by atoms with E-state index in [-0.39, 0.29) is 23.8 Å². The average Bonchev–Trinajstić information content (AvgIpc) is 2.66. The number of nitrogens with one attached hydrogen (secondary N) is 1. The quantitative estimate of drug-likeness (QED) is 0.235. The molecule has 0 saturated carbocycles. The summed E-state index contributed by atoms with van der Waals surface area (Å²) in [4.78, 5) is 43.0. The molecule has 1 aliphatic rings. The largest absolute Gasteiger partial charge is 0.444 e. The standard InChI is InChI=1S/C22H33N5O4/c1-22(2,3)31-21(30)26-18(15-8-5-4-6-9-15)19(29)27-13-11-17(27)16(14-28)10-7-12-25-20(23)24/h4-6,8-9,14,16-18H,7,10-13H2,1-3H3,(H,26,30)(H4,23,24,25)/t16-,17+,18-/m1/s1. The van der Waals surface area contributed by atoms with E-state index in [4.69, 9.17) is 16.2 Å². The van der Waals surface area contributed by atoms with Crippen LogP contribution in [0, 0.1) is 5.92 Å². The highest BCUT2D eigenvalue weighted by Gasteiger charge is 2.41. The average molecular weight is 432 g/mol. The maximum absolute atomic E-state index is 13.4. The van der Waals surface area contributed by atoms with Gasteiger partial charge in [0.05, 0.1) is 0 Å². The highest BCUT2D eigenvalue weighted by molar-refractivity contribution is 5.88. The Kier molecular flexibility index (Phi) is 8.41. The maximum Gasteiger partial charge on any atom is 0.408 e. The molecule has 1 fully saturated rings. The van der Waals surface area contributed by atoms with E-state index in [1.807, 2.05) is 6.07 Å². The second kappa shape index (κ2) is 10.8. The molecule has 170 valence electrons. The zero-order chi connectivity index (χ0) is 23.0. The van der Waals surface area contributed by atoms with Crippen molar-refractivity contribution in [2.45, 2.75) is 57.7 Å². The second-order valence-corrected chi connectivity index (χ2v) is 8.63. The monoisotopic (exact) mass is 431 g/mol. The molecule has 1 aromatic rings. The molecule has 9 nitrogen and oxygen atoms in total. The predicted molar refractivity (Wildman–Crippen MR) is 118 cm³/mol. The van der Waals surface area contributed by atoms with Crippen LogP contribution < -0.4 is 16.8 Å². The molecule has 1 aromatic carbocycles. The lowest BCUT2D eigenvalue weighted by Gasteiger charge is -2.45. The van der Waals surface area contributed by atoms with Crippen molar-refractivity contribution in [1.82, 2.24) is 10.2 Å². The normalized spacial score (nSPS) is 17.6. The van der Waals surface area contributed by atoms with E-state index in [2.05, 4.69) is 10.3 Å². The SMILES string of the molecule is CC(C)(C)OC(=O)N[C@@H](C(=O)N1CC[C@H]1[C@@H](C=O)CCCN=C(N)N)c1ccccc1. The van der Waals surface area contributed by atoms with Crippen LogP contribution in [0.25, 0.3) is 0 Å². The molecule has 3 atom stereocenters. The number of benzene rings is 1. The summed E-state index contributed by atoms with van der Waals surface area (Å²) in [6, 6.07) is 7.89. The number of aldehydes is 1. The van der Waals surface area contributed by atoms with Crippen molar-refractivity contribution in [3.8, 4) is 0 Å². The Labute approximate surface area is 183 Å². The third-order valence-corrected chi connectivity index (χ3v) is 5.05. The van der Waals surface area contributed by atoms with E-state index in [1.165, 1.54) is 0 Å². The van der Waals surface area contributed by atoms with E-state index >= 15 is 0 Å². The van der Waals surface area contributed by atoms with Crippen molar-refractivity contribution in [2.24, 2.45) is 22.4 Å². The van der Waals surface area contributed by atoms with Gasteiger partial charge in [0.25, 0.3) is 0 Å². The molecule has 31 heavy (non-hydrogen) atoms. The number of carbonyl (C=O) groups excluding carboxylic acids is 3. The fourth-order valence-corrected chi connectivity index (χ4v) is 3.54. The van der Waals surface area contributed by atoms with Gasteiger partial charge >= 0.3 is 6.09 Å². The number of hydrogen-bond donors (Lipinski definition) is 3. The van der Waals surface area contributed by atoms with Crippen molar-refractivity contribution in [3.63, 3.8) is 0 Å². The summed E-state index contributed by atoms with van der Waals surface area (Å²) in [7, 11) is 0. The lowest BCUT2D eigenvalue weighted by Crippen LogP contribution is -2.58. The first-order chi connectivity index (χ1) is 14.6. The molecule has 1 saturated heterocycles. The predicted octanol–water partition coefficient (Wildman–Crippen LogP) is 1.72. The van der Waals surface area contributed by atoms with Crippen LogP contribution in [0.3, 0.4) is 0 Å². The Morgan fingerprint density at radius 1 is 1.29 bits per heavy atom. The van der Waals surface area contributed by atoms with Crippen LogP contribution in [0.4, 0.5) is 4.79 Å². The summed E-state index contributed by atoms with van der Waals surface area (Å²) in [5.74, 6) is -0.559. The summed E-state index contributed by atoms with van der Waals surface area (Å²) >= 11 is 0. The van der Waals surface area contributed by atoms with Crippen molar-refractivity contribution in [3.05, 3.63) is 35.9 Å². The van der Waals surface area contributed by atoms with Gasteiger partial charge in [0, 0.05) is 25.0 Å². The number of hydrogen-bond acceptors (Lipinski definition) is 5. The third-order valence-electron chi connectivity index (χ3n) is 5.05. The number of nitrogens with two attached hydrogens (primary N) is 2. The zero-order valence-electron chi connectivity index (χ0n) is 18.4. The van der Waals surface area contributed by atoms with Gasteiger partial charge in [-0.2, -0.15) is 0 Å². The molecule has 5 N–H and O–H groups in total. The first-order valence-corrected chi connectivity index (χ1v) is 10.5. The molecule has 1 aliphatic heterocycles. The number of likely N-dealkylation sites (tertiary alicyclic amines) is 1. The van der Waals surface area contributed by atoms with Gasteiger partial charge in [-0.3, -0.25) is 9.79 Å². The highest BCUT2D eigenvalue weighted by atomic mass is 16.6. The molecular weight excluding hydrogens is 398 g/mol. The number of ether oxygens (including phenoxy) is 1. The summed E-state index contributed by atoms with van der Waals surface area (Å²) < 4.78 is 5.34. The number of carbonyl (C=O) groups is 3.